The van der Waals surface area contributed by atoms with Gasteiger partial charge in [-0.1, -0.05) is 0 Å². The van der Waals surface area contributed by atoms with E-state index in [1.165, 1.54) is 35.5 Å². The largest absolute Gasteiger partial charge is 0.480 e. The summed E-state index contributed by atoms with van der Waals surface area (Å²) in [5, 5.41) is 59.9. The van der Waals surface area contributed by atoms with Crippen molar-refractivity contribution in [1.29, 1.82) is 0 Å². The maximum absolute atomic E-state index is 14.2. The number of guanidine groups is 1. The van der Waals surface area contributed by atoms with Crippen LogP contribution in [-0.4, -0.2) is 230 Å². The first kappa shape index (κ1) is 63.3. The zero-order valence-electron chi connectivity index (χ0n) is 44.2. The Labute approximate surface area is 449 Å². The molecule has 4 aliphatic rings. The molecule has 13 atom stereocenters. The van der Waals surface area contributed by atoms with E-state index in [4.69, 9.17) is 17.2 Å². The average Bonchev–Trinajstić information content (AvgIpc) is 4.27. The summed E-state index contributed by atoms with van der Waals surface area (Å²) < 4.78 is 0. The van der Waals surface area contributed by atoms with Gasteiger partial charge in [-0.3, -0.25) is 57.7 Å². The number of aliphatic hydroxyl groups is 3. The van der Waals surface area contributed by atoms with Crippen molar-refractivity contribution in [3.8, 4) is 0 Å². The van der Waals surface area contributed by atoms with Crippen molar-refractivity contribution in [2.24, 2.45) is 22.2 Å². The Balaban J connectivity index is 1.34. The lowest BCUT2D eigenvalue weighted by Gasteiger charge is -2.35. The normalized spacial score (nSPS) is 22.4. The molecular formula is C47H77N15O16. The lowest BCUT2D eigenvalue weighted by Crippen LogP contribution is -2.62. The number of carboxylic acid groups (broad SMARTS) is 1. The number of aliphatic carboxylic acids is 1. The number of aliphatic imine (C=N–C) groups is 1. The molecule has 18 N–H and O–H groups in total. The summed E-state index contributed by atoms with van der Waals surface area (Å²) >= 11 is 0. The highest BCUT2D eigenvalue weighted by molar-refractivity contribution is 6.00. The van der Waals surface area contributed by atoms with E-state index in [-0.39, 0.29) is 64.2 Å². The minimum Gasteiger partial charge on any atom is -0.480 e. The van der Waals surface area contributed by atoms with Crippen LogP contribution >= 0.6 is 0 Å². The number of carboxylic acids is 1. The molecule has 0 bridgehead atoms. The molecule has 4 aliphatic heterocycles. The molecule has 0 saturated carbocycles. The summed E-state index contributed by atoms with van der Waals surface area (Å²) in [6.07, 6.45) is -0.577. The molecule has 0 aliphatic carbocycles. The van der Waals surface area contributed by atoms with Crippen LogP contribution in [0.2, 0.25) is 0 Å². The van der Waals surface area contributed by atoms with Gasteiger partial charge in [0.2, 0.25) is 65.0 Å². The molecule has 4 heterocycles. The Kier molecular flexibility index (Phi) is 23.9. The summed E-state index contributed by atoms with van der Waals surface area (Å²) in [6, 6.07) is -14.5. The number of nitrogens with zero attached hydrogens (tertiary/aromatic N) is 4. The molecular weight excluding hydrogens is 1030 g/mol. The molecule has 0 unspecified atom stereocenters. The number of aliphatic hydroxyl groups excluding tert-OH is 3. The van der Waals surface area contributed by atoms with E-state index in [0.717, 1.165) is 13.3 Å². The van der Waals surface area contributed by atoms with Gasteiger partial charge < -0.3 is 94.9 Å². The Hall–Kier alpha value is -7.25. The lowest BCUT2D eigenvalue weighted by atomic mass is 10.1. The van der Waals surface area contributed by atoms with E-state index < -0.39 is 163 Å². The second-order valence-corrected chi connectivity index (χ2v) is 20.0. The molecule has 78 heavy (non-hydrogen) atoms. The van der Waals surface area contributed by atoms with Crippen LogP contribution in [0.3, 0.4) is 0 Å². The first-order valence-corrected chi connectivity index (χ1v) is 26.1. The number of hydrogen-bond acceptors (Lipinski definition) is 17. The van der Waals surface area contributed by atoms with Crippen LogP contribution in [0, 0.1) is 0 Å². The highest BCUT2D eigenvalue weighted by Crippen LogP contribution is 2.29. The predicted molar refractivity (Wildman–Crippen MR) is 272 cm³/mol. The predicted octanol–water partition coefficient (Wildman–Crippen LogP) is -8.09. The van der Waals surface area contributed by atoms with Crippen LogP contribution in [0.1, 0.15) is 98.3 Å². The highest BCUT2D eigenvalue weighted by atomic mass is 16.4. The van der Waals surface area contributed by atoms with Gasteiger partial charge in [-0.25, -0.2) is 4.79 Å². The van der Waals surface area contributed by atoms with Gasteiger partial charge in [0, 0.05) is 26.2 Å². The third-order valence-electron chi connectivity index (χ3n) is 13.9. The summed E-state index contributed by atoms with van der Waals surface area (Å²) in [5.41, 5.74) is 15.8. The maximum Gasteiger partial charge on any atom is 0.326 e. The minimum absolute atomic E-state index is 0.0232. The van der Waals surface area contributed by atoms with Gasteiger partial charge in [0.15, 0.2) is 5.96 Å². The SMILES string of the molecule is C[C@H](NC(=O)[C@@H]1CCCN1C(=O)[C@@H]1CCCN1C(=O)[C@@H]1CCCN1C(=O)[C@H](C)NC(=O)[C@@H](NC(=O)[C@@H]1CCCN1)[C@@H](C)O)C(=O)N[C@@H](CO)C(=O)N[C@H](C(=O)N[C@@H](CC(N)=O)C(=O)N[C@@H](CCCN=C(N)N)C(=O)O)[C@@H](C)O. The first-order chi connectivity index (χ1) is 36.8. The van der Waals surface area contributed by atoms with Gasteiger partial charge in [0.25, 0.3) is 0 Å². The standard InChI is InChI=1S/C47H77N15O16/c1-22(36(67)57-29(21-63)39(70)59-35(25(4)65)42(73)56-28(20-33(48)66)38(69)55-27(46(77)78)11-6-16-52-47(49)50)53-40(71)30-12-7-17-60(30)44(75)32-14-9-19-62(32)45(76)31-13-8-18-61(31)43(74)23(2)54-41(72)34(24(3)64)58-37(68)26-10-5-15-51-26/h22-32,34-35,51,63-65H,5-21H2,1-4H3,(H2,48,66)(H,53,71)(H,54,72)(H,55,69)(H,56,73)(H,57,67)(H,58,68)(H,59,70)(H,77,78)(H4,49,50,52)/t22-,23-,24+,25+,26-,27-,28-,29-,30-,31-,32-,34-,35-/m0/s1. The number of carbonyl (C=O) groups is 12. The number of amides is 11. The van der Waals surface area contributed by atoms with Crippen molar-refractivity contribution in [2.45, 2.75) is 177 Å². The number of carbonyl (C=O) groups excluding carboxylic acids is 11. The molecule has 31 nitrogen and oxygen atoms in total. The Morgan fingerprint density at radius 1 is 0.577 bits per heavy atom. The van der Waals surface area contributed by atoms with E-state index in [1.807, 2.05) is 0 Å². The van der Waals surface area contributed by atoms with Crippen LogP contribution in [0.25, 0.3) is 0 Å². The van der Waals surface area contributed by atoms with Crippen LogP contribution in [0.15, 0.2) is 4.99 Å². The molecule has 4 fully saturated rings. The van der Waals surface area contributed by atoms with E-state index in [9.17, 15) is 78.0 Å². The van der Waals surface area contributed by atoms with Crippen LogP contribution in [0.5, 0.6) is 0 Å². The quantitative estimate of drug-likeness (QED) is 0.0206. The number of likely N-dealkylation sites (tertiary alicyclic amines) is 3. The zero-order chi connectivity index (χ0) is 58.1. The van der Waals surface area contributed by atoms with Crippen molar-refractivity contribution >= 4 is 76.9 Å². The summed E-state index contributed by atoms with van der Waals surface area (Å²) in [7, 11) is 0. The fourth-order valence-electron chi connectivity index (χ4n) is 9.67. The van der Waals surface area contributed by atoms with Crippen molar-refractivity contribution in [3.63, 3.8) is 0 Å². The van der Waals surface area contributed by atoms with Crippen molar-refractivity contribution in [1.82, 2.24) is 57.2 Å². The van der Waals surface area contributed by atoms with Gasteiger partial charge in [0.05, 0.1) is 31.3 Å². The third kappa shape index (κ3) is 17.4. The molecule has 0 spiro atoms. The minimum atomic E-state index is -1.89. The fraction of sp³-hybridized carbons (Fsp3) is 0.723. The monoisotopic (exact) mass is 1110 g/mol. The lowest BCUT2D eigenvalue weighted by molar-refractivity contribution is -0.151. The van der Waals surface area contributed by atoms with Crippen LogP contribution < -0.4 is 59.7 Å². The fourth-order valence-corrected chi connectivity index (χ4v) is 9.67. The summed E-state index contributed by atoms with van der Waals surface area (Å²) in [4.78, 5) is 167. The number of nitrogens with two attached hydrogens (primary N) is 3. The molecule has 0 aromatic rings. The van der Waals surface area contributed by atoms with Crippen LogP contribution in [-0.2, 0) is 57.5 Å². The third-order valence-corrected chi connectivity index (χ3v) is 13.9. The van der Waals surface area contributed by atoms with Gasteiger partial charge in [-0.2, -0.15) is 0 Å². The molecule has 0 aromatic heterocycles. The van der Waals surface area contributed by atoms with E-state index in [2.05, 4.69) is 47.5 Å². The summed E-state index contributed by atoms with van der Waals surface area (Å²) in [6.45, 7) is 5.18. The average molecular weight is 1110 g/mol. The summed E-state index contributed by atoms with van der Waals surface area (Å²) in [5.74, 6) is -11.0. The molecule has 4 rings (SSSR count). The number of hydrogen-bond donors (Lipinski definition) is 15. The molecule has 4 saturated heterocycles. The molecule has 31 heteroatoms. The van der Waals surface area contributed by atoms with E-state index in [1.54, 1.807) is 0 Å². The van der Waals surface area contributed by atoms with Gasteiger partial charge in [-0.05, 0) is 98.4 Å². The number of nitrogens with one attached hydrogen (secondary N) is 8. The van der Waals surface area contributed by atoms with Gasteiger partial charge in [-0.15, -0.1) is 0 Å². The Bertz CT molecular complexity index is 2260. The van der Waals surface area contributed by atoms with Crippen molar-refractivity contribution in [3.05, 3.63) is 0 Å². The zero-order valence-corrected chi connectivity index (χ0v) is 44.2. The number of primary amides is 1. The second-order valence-electron chi connectivity index (χ2n) is 20.0. The van der Waals surface area contributed by atoms with Crippen molar-refractivity contribution in [2.75, 3.05) is 39.3 Å². The molecule has 0 radical (unpaired) electrons. The van der Waals surface area contributed by atoms with Crippen LogP contribution in [0.4, 0.5) is 0 Å². The van der Waals surface area contributed by atoms with Gasteiger partial charge in [0.1, 0.15) is 60.4 Å². The Morgan fingerprint density at radius 2 is 1.09 bits per heavy atom. The molecule has 436 valence electrons. The van der Waals surface area contributed by atoms with Crippen molar-refractivity contribution < 1.29 is 78.0 Å². The number of rotatable bonds is 27. The molecule has 11 amide bonds. The maximum atomic E-state index is 14.2. The Morgan fingerprint density at radius 3 is 1.63 bits per heavy atom. The van der Waals surface area contributed by atoms with E-state index in [0.29, 0.717) is 32.2 Å². The first-order valence-electron chi connectivity index (χ1n) is 26.1. The second kappa shape index (κ2) is 29.5. The topological polar surface area (TPSA) is 482 Å². The van der Waals surface area contributed by atoms with Gasteiger partial charge >= 0.3 is 5.97 Å². The highest BCUT2D eigenvalue weighted by Gasteiger charge is 2.47. The smallest absolute Gasteiger partial charge is 0.326 e. The molecule has 0 aromatic carbocycles. The van der Waals surface area contributed by atoms with E-state index >= 15 is 0 Å².